The van der Waals surface area contributed by atoms with Crippen LogP contribution in [0.25, 0.3) is 20.3 Å². The van der Waals surface area contributed by atoms with E-state index in [2.05, 4.69) is 10.4 Å². The van der Waals surface area contributed by atoms with Crippen molar-refractivity contribution in [3.8, 4) is 0 Å². The number of aromatic amines is 1. The molecule has 3 aromatic heterocycles. The molecule has 5 nitrogen and oxygen atoms in total. The average molecular weight is 388 g/mol. The van der Waals surface area contributed by atoms with Crippen molar-refractivity contribution in [2.45, 2.75) is 13.8 Å². The first-order chi connectivity index (χ1) is 12.0. The topological polar surface area (TPSA) is 66.9 Å². The Labute approximate surface area is 155 Å². The van der Waals surface area contributed by atoms with Crippen LogP contribution in [0.4, 0.5) is 0 Å². The van der Waals surface area contributed by atoms with Crippen molar-refractivity contribution < 1.29 is 4.79 Å². The number of carbonyl (C=O) groups excluding carboxylic acids is 1. The number of nitrogens with zero attached hydrogens (tertiary/aromatic N) is 1. The normalized spacial score (nSPS) is 11.3. The largest absolute Gasteiger partial charge is 0.322 e. The fraction of sp³-hybridized carbons (Fsp3) is 0.118. The lowest BCUT2D eigenvalue weighted by Gasteiger charge is -2.08. The monoisotopic (exact) mass is 387 g/mol. The van der Waals surface area contributed by atoms with E-state index in [4.69, 9.17) is 12.2 Å². The lowest BCUT2D eigenvalue weighted by atomic mass is 10.2. The van der Waals surface area contributed by atoms with Crippen LogP contribution in [0.5, 0.6) is 0 Å². The minimum Gasteiger partial charge on any atom is -0.322 e. The van der Waals surface area contributed by atoms with Crippen molar-refractivity contribution in [3.63, 3.8) is 0 Å². The third-order valence-corrected chi connectivity index (χ3v) is 6.54. The van der Waals surface area contributed by atoms with E-state index in [9.17, 15) is 9.59 Å². The zero-order valence-electron chi connectivity index (χ0n) is 13.4. The Bertz CT molecular complexity index is 1260. The summed E-state index contributed by atoms with van der Waals surface area (Å²) in [6, 6.07) is 7.66. The number of rotatable bonds is 2. The summed E-state index contributed by atoms with van der Waals surface area (Å²) in [5, 5.41) is 3.21. The van der Waals surface area contributed by atoms with Crippen LogP contribution in [0.15, 0.2) is 34.4 Å². The van der Waals surface area contributed by atoms with Gasteiger partial charge in [0.2, 0.25) is 4.77 Å². The summed E-state index contributed by atoms with van der Waals surface area (Å²) in [4.78, 5) is 30.3. The van der Waals surface area contributed by atoms with Crippen LogP contribution in [-0.2, 0) is 0 Å². The van der Waals surface area contributed by atoms with Crippen LogP contribution in [0, 0.1) is 18.6 Å². The quantitative estimate of drug-likeness (QED) is 0.503. The van der Waals surface area contributed by atoms with Crippen molar-refractivity contribution in [2.75, 3.05) is 5.43 Å². The predicted octanol–water partition coefficient (Wildman–Crippen LogP) is 4.34. The number of benzene rings is 1. The second-order valence-electron chi connectivity index (χ2n) is 5.64. The van der Waals surface area contributed by atoms with Gasteiger partial charge in [-0.05, 0) is 37.7 Å². The Morgan fingerprint density at radius 1 is 1.28 bits per heavy atom. The Balaban J connectivity index is 1.83. The van der Waals surface area contributed by atoms with Gasteiger partial charge in [0, 0.05) is 20.3 Å². The molecule has 0 aliphatic heterocycles. The molecule has 0 fully saturated rings. The predicted molar refractivity (Wildman–Crippen MR) is 106 cm³/mol. The second-order valence-corrected chi connectivity index (χ2v) is 8.17. The van der Waals surface area contributed by atoms with E-state index >= 15 is 0 Å². The highest BCUT2D eigenvalue weighted by Gasteiger charge is 2.17. The number of H-pyrrole nitrogens is 1. The van der Waals surface area contributed by atoms with Gasteiger partial charge < -0.3 is 4.98 Å². The van der Waals surface area contributed by atoms with E-state index in [1.807, 2.05) is 38.1 Å². The molecule has 126 valence electrons. The van der Waals surface area contributed by atoms with E-state index in [0.717, 1.165) is 30.0 Å². The molecule has 25 heavy (non-hydrogen) atoms. The lowest BCUT2D eigenvalue weighted by Crippen LogP contribution is -2.34. The Morgan fingerprint density at radius 3 is 2.84 bits per heavy atom. The highest BCUT2D eigenvalue weighted by molar-refractivity contribution is 7.71. The van der Waals surface area contributed by atoms with Crippen LogP contribution in [0.1, 0.15) is 20.8 Å². The highest BCUT2D eigenvalue weighted by Crippen LogP contribution is 2.27. The summed E-state index contributed by atoms with van der Waals surface area (Å²) in [6.07, 6.45) is 0. The molecular weight excluding hydrogens is 374 g/mol. The number of hydrogen-bond donors (Lipinski definition) is 2. The molecule has 1 amide bonds. The van der Waals surface area contributed by atoms with Crippen LogP contribution in [-0.4, -0.2) is 15.6 Å². The lowest BCUT2D eigenvalue weighted by molar-refractivity contribution is 0.101. The molecule has 0 atom stereocenters. The van der Waals surface area contributed by atoms with Crippen molar-refractivity contribution in [3.05, 3.63) is 60.8 Å². The molecular formula is C17H13N3O2S3. The molecule has 0 aliphatic rings. The number of aryl methyl sites for hydroxylation is 2. The number of fused-ring (bicyclic) bond motifs is 2. The summed E-state index contributed by atoms with van der Waals surface area (Å²) >= 11 is 8.24. The van der Waals surface area contributed by atoms with Gasteiger partial charge in [0.1, 0.15) is 4.83 Å². The minimum atomic E-state index is -0.358. The molecule has 0 saturated carbocycles. The first kappa shape index (κ1) is 16.2. The maximum atomic E-state index is 12.8. The molecule has 0 radical (unpaired) electrons. The zero-order valence-corrected chi connectivity index (χ0v) is 15.8. The molecule has 0 unspecified atom stereocenters. The molecule has 4 rings (SSSR count). The third kappa shape index (κ3) is 2.53. The van der Waals surface area contributed by atoms with Crippen LogP contribution in [0.2, 0.25) is 0 Å². The maximum Gasteiger partial charge on any atom is 0.282 e. The van der Waals surface area contributed by atoms with Crippen molar-refractivity contribution in [2.24, 2.45) is 0 Å². The molecule has 0 aliphatic carbocycles. The fourth-order valence-electron chi connectivity index (χ4n) is 2.75. The zero-order chi connectivity index (χ0) is 17.7. The number of nitrogens with one attached hydrogen (secondary N) is 2. The van der Waals surface area contributed by atoms with Gasteiger partial charge in [0.25, 0.3) is 11.5 Å². The van der Waals surface area contributed by atoms with Gasteiger partial charge in [0.15, 0.2) is 0 Å². The van der Waals surface area contributed by atoms with Crippen LogP contribution in [0.3, 0.4) is 0 Å². The summed E-state index contributed by atoms with van der Waals surface area (Å²) < 4.78 is 2.31. The first-order valence-corrected chi connectivity index (χ1v) is 9.60. The molecule has 3 heterocycles. The molecule has 4 aromatic rings. The molecule has 1 aromatic carbocycles. The van der Waals surface area contributed by atoms with Crippen molar-refractivity contribution in [1.82, 2.24) is 9.66 Å². The number of aromatic nitrogens is 2. The Hall–Kier alpha value is -2.29. The van der Waals surface area contributed by atoms with E-state index in [1.54, 1.807) is 5.38 Å². The van der Waals surface area contributed by atoms with Gasteiger partial charge in [-0.3, -0.25) is 15.0 Å². The van der Waals surface area contributed by atoms with Crippen LogP contribution >= 0.6 is 34.9 Å². The van der Waals surface area contributed by atoms with E-state index < -0.39 is 0 Å². The van der Waals surface area contributed by atoms with E-state index in [1.165, 1.54) is 22.7 Å². The average Bonchev–Trinajstić information content (AvgIpc) is 3.13. The van der Waals surface area contributed by atoms with Crippen molar-refractivity contribution in [1.29, 1.82) is 0 Å². The van der Waals surface area contributed by atoms with Gasteiger partial charge in [-0.25, -0.2) is 0 Å². The number of carbonyl (C=O) groups is 1. The Kier molecular flexibility index (Phi) is 3.82. The molecule has 0 bridgehead atoms. The molecule has 2 N–H and O–H groups in total. The minimum absolute atomic E-state index is 0.173. The standard InChI is InChI=1S/C17H13N3O2S3/c1-8-9(2)25-15-13(8)16(22)20(17(23)18-15)19-14(21)11-7-24-12-6-4-3-5-10(11)12/h3-7H,1-2H3,(H,18,23)(H,19,21). The SMILES string of the molecule is Cc1sc2[nH]c(=S)n(NC(=O)c3csc4ccccc34)c(=O)c2c1C. The summed E-state index contributed by atoms with van der Waals surface area (Å²) in [5.74, 6) is -0.358. The molecule has 8 heteroatoms. The first-order valence-electron chi connectivity index (χ1n) is 7.50. The smallest absolute Gasteiger partial charge is 0.282 e. The van der Waals surface area contributed by atoms with Gasteiger partial charge in [-0.2, -0.15) is 4.68 Å². The van der Waals surface area contributed by atoms with Gasteiger partial charge in [-0.1, -0.05) is 18.2 Å². The molecule has 0 saturated heterocycles. The van der Waals surface area contributed by atoms with E-state index in [-0.39, 0.29) is 16.2 Å². The maximum absolute atomic E-state index is 12.8. The summed E-state index contributed by atoms with van der Waals surface area (Å²) in [5.41, 5.74) is 3.76. The number of amides is 1. The van der Waals surface area contributed by atoms with Gasteiger partial charge >= 0.3 is 0 Å². The van der Waals surface area contributed by atoms with Gasteiger partial charge in [-0.15, -0.1) is 22.7 Å². The van der Waals surface area contributed by atoms with Crippen LogP contribution < -0.4 is 11.0 Å². The second kappa shape index (κ2) is 5.91. The number of hydrogen-bond acceptors (Lipinski definition) is 5. The third-order valence-electron chi connectivity index (χ3n) is 4.16. The fourth-order valence-corrected chi connectivity index (χ4v) is 5.03. The van der Waals surface area contributed by atoms with E-state index in [0.29, 0.717) is 10.9 Å². The Morgan fingerprint density at radius 2 is 2.04 bits per heavy atom. The number of thiophene rings is 2. The summed E-state index contributed by atoms with van der Waals surface area (Å²) in [6.45, 7) is 3.85. The van der Waals surface area contributed by atoms with Gasteiger partial charge in [0.05, 0.1) is 10.9 Å². The highest BCUT2D eigenvalue weighted by atomic mass is 32.1. The molecule has 0 spiro atoms. The summed E-state index contributed by atoms with van der Waals surface area (Å²) in [7, 11) is 0. The van der Waals surface area contributed by atoms with Crippen molar-refractivity contribution >= 4 is 61.1 Å².